The molecule has 0 aromatic heterocycles. The second-order valence-electron chi connectivity index (χ2n) is 6.05. The highest BCUT2D eigenvalue weighted by molar-refractivity contribution is 5.98. The van der Waals surface area contributed by atoms with Crippen LogP contribution in [-0.4, -0.2) is 30.1 Å². The lowest BCUT2D eigenvalue weighted by Gasteiger charge is -2.25. The lowest BCUT2D eigenvalue weighted by molar-refractivity contribution is 0.0979. The van der Waals surface area contributed by atoms with Gasteiger partial charge < -0.3 is 15.7 Å². The number of carbonyl (C=O) groups is 1. The lowest BCUT2D eigenvalue weighted by Crippen LogP contribution is -2.25. The first-order valence-corrected chi connectivity index (χ1v) is 8.51. The van der Waals surface area contributed by atoms with Crippen LogP contribution in [0.25, 0.3) is 0 Å². The van der Waals surface area contributed by atoms with E-state index in [4.69, 9.17) is 0 Å². The first-order valence-electron chi connectivity index (χ1n) is 8.51. The SMILES string of the molecule is CCCCC(=O)c1cc2c(c(NC(CC)CO)c1)NCCC2. The van der Waals surface area contributed by atoms with Gasteiger partial charge >= 0.3 is 0 Å². The number of carbonyl (C=O) groups excluding carboxylic acids is 1. The monoisotopic (exact) mass is 304 g/mol. The summed E-state index contributed by atoms with van der Waals surface area (Å²) in [5.74, 6) is 0.218. The molecule has 1 atom stereocenters. The molecule has 0 spiro atoms. The number of fused-ring (bicyclic) bond motifs is 1. The van der Waals surface area contributed by atoms with Crippen molar-refractivity contribution in [3.05, 3.63) is 23.3 Å². The number of unbranched alkanes of at least 4 members (excludes halogenated alkanes) is 1. The second kappa shape index (κ2) is 8.18. The fourth-order valence-corrected chi connectivity index (χ4v) is 2.85. The molecule has 0 aliphatic carbocycles. The number of anilines is 2. The average molecular weight is 304 g/mol. The molecule has 1 heterocycles. The molecule has 1 aromatic rings. The van der Waals surface area contributed by atoms with Crippen LogP contribution in [-0.2, 0) is 6.42 Å². The molecule has 1 aliphatic rings. The number of rotatable bonds is 8. The van der Waals surface area contributed by atoms with E-state index >= 15 is 0 Å². The number of benzene rings is 1. The third kappa shape index (κ3) is 4.01. The highest BCUT2D eigenvalue weighted by atomic mass is 16.3. The fourth-order valence-electron chi connectivity index (χ4n) is 2.85. The van der Waals surface area contributed by atoms with Gasteiger partial charge in [-0.25, -0.2) is 0 Å². The van der Waals surface area contributed by atoms with Gasteiger partial charge in [-0.1, -0.05) is 20.3 Å². The zero-order valence-electron chi connectivity index (χ0n) is 13.7. The predicted molar refractivity (Wildman–Crippen MR) is 91.9 cm³/mol. The molecule has 0 bridgehead atoms. The molecule has 3 N–H and O–H groups in total. The van der Waals surface area contributed by atoms with Crippen molar-refractivity contribution < 1.29 is 9.90 Å². The van der Waals surface area contributed by atoms with Crippen molar-refractivity contribution in [1.82, 2.24) is 0 Å². The molecule has 4 nitrogen and oxygen atoms in total. The Morgan fingerprint density at radius 2 is 2.23 bits per heavy atom. The quantitative estimate of drug-likeness (QED) is 0.642. The minimum atomic E-state index is 0.0221. The molecular weight excluding hydrogens is 276 g/mol. The first kappa shape index (κ1) is 16.8. The van der Waals surface area contributed by atoms with Gasteiger partial charge in [-0.15, -0.1) is 0 Å². The Kier molecular flexibility index (Phi) is 6.25. The number of aliphatic hydroxyl groups is 1. The smallest absolute Gasteiger partial charge is 0.162 e. The van der Waals surface area contributed by atoms with Crippen molar-refractivity contribution in [3.8, 4) is 0 Å². The van der Waals surface area contributed by atoms with Crippen molar-refractivity contribution in [3.63, 3.8) is 0 Å². The van der Waals surface area contributed by atoms with Gasteiger partial charge in [0.05, 0.1) is 18.0 Å². The number of hydrogen-bond acceptors (Lipinski definition) is 4. The minimum Gasteiger partial charge on any atom is -0.394 e. The molecule has 0 saturated heterocycles. The molecule has 122 valence electrons. The van der Waals surface area contributed by atoms with Crippen molar-refractivity contribution in [2.45, 2.75) is 58.4 Å². The van der Waals surface area contributed by atoms with Crippen LogP contribution in [0.2, 0.25) is 0 Å². The summed E-state index contributed by atoms with van der Waals surface area (Å²) in [5, 5.41) is 16.3. The summed E-state index contributed by atoms with van der Waals surface area (Å²) in [6, 6.07) is 4.02. The molecule has 4 heteroatoms. The minimum absolute atomic E-state index is 0.0221. The van der Waals surface area contributed by atoms with Gasteiger partial charge in [0, 0.05) is 24.6 Å². The molecule has 1 unspecified atom stereocenters. The van der Waals surface area contributed by atoms with E-state index in [1.165, 1.54) is 5.56 Å². The van der Waals surface area contributed by atoms with Crippen LogP contribution in [0.3, 0.4) is 0 Å². The summed E-state index contributed by atoms with van der Waals surface area (Å²) >= 11 is 0. The van der Waals surface area contributed by atoms with Crippen LogP contribution in [0.15, 0.2) is 12.1 Å². The number of ketones is 1. The van der Waals surface area contributed by atoms with E-state index in [2.05, 4.69) is 17.6 Å². The Hall–Kier alpha value is -1.55. The number of nitrogens with one attached hydrogen (secondary N) is 2. The Morgan fingerprint density at radius 1 is 1.41 bits per heavy atom. The van der Waals surface area contributed by atoms with E-state index in [1.54, 1.807) is 0 Å². The van der Waals surface area contributed by atoms with Gasteiger partial charge in [0.25, 0.3) is 0 Å². The van der Waals surface area contributed by atoms with Crippen LogP contribution in [0.1, 0.15) is 61.9 Å². The van der Waals surface area contributed by atoms with E-state index < -0.39 is 0 Å². The molecule has 1 aliphatic heterocycles. The van der Waals surface area contributed by atoms with Gasteiger partial charge in [-0.3, -0.25) is 4.79 Å². The van der Waals surface area contributed by atoms with E-state index in [-0.39, 0.29) is 18.4 Å². The summed E-state index contributed by atoms with van der Waals surface area (Å²) in [4.78, 5) is 12.4. The largest absolute Gasteiger partial charge is 0.394 e. The lowest BCUT2D eigenvalue weighted by atomic mass is 9.95. The molecular formula is C18H28N2O2. The molecule has 0 amide bonds. The third-order valence-corrected chi connectivity index (χ3v) is 4.30. The van der Waals surface area contributed by atoms with Gasteiger partial charge in [-0.2, -0.15) is 0 Å². The second-order valence-corrected chi connectivity index (χ2v) is 6.05. The zero-order valence-corrected chi connectivity index (χ0v) is 13.7. The summed E-state index contributed by atoms with van der Waals surface area (Å²) in [6.45, 7) is 5.20. The molecule has 0 saturated carbocycles. The summed E-state index contributed by atoms with van der Waals surface area (Å²) < 4.78 is 0. The highest BCUT2D eigenvalue weighted by Crippen LogP contribution is 2.33. The Labute approximate surface area is 133 Å². The Bertz CT molecular complexity index is 510. The highest BCUT2D eigenvalue weighted by Gasteiger charge is 2.18. The Balaban J connectivity index is 2.30. The molecule has 0 fully saturated rings. The maximum Gasteiger partial charge on any atom is 0.162 e. The van der Waals surface area contributed by atoms with Crippen LogP contribution in [0.5, 0.6) is 0 Å². The zero-order chi connectivity index (χ0) is 15.9. The van der Waals surface area contributed by atoms with Crippen molar-refractivity contribution in [1.29, 1.82) is 0 Å². The topological polar surface area (TPSA) is 61.4 Å². The number of hydrogen-bond donors (Lipinski definition) is 3. The van der Waals surface area contributed by atoms with E-state index in [0.29, 0.717) is 6.42 Å². The first-order chi connectivity index (χ1) is 10.7. The van der Waals surface area contributed by atoms with Crippen molar-refractivity contribution in [2.24, 2.45) is 0 Å². The fraction of sp³-hybridized carbons (Fsp3) is 0.611. The maximum absolute atomic E-state index is 12.4. The number of aliphatic hydroxyl groups excluding tert-OH is 1. The Morgan fingerprint density at radius 3 is 2.91 bits per heavy atom. The van der Waals surface area contributed by atoms with E-state index in [1.807, 2.05) is 19.1 Å². The van der Waals surface area contributed by atoms with E-state index in [9.17, 15) is 9.90 Å². The van der Waals surface area contributed by atoms with Gasteiger partial charge in [0.2, 0.25) is 0 Å². The van der Waals surface area contributed by atoms with Crippen LogP contribution < -0.4 is 10.6 Å². The van der Waals surface area contributed by atoms with Crippen molar-refractivity contribution in [2.75, 3.05) is 23.8 Å². The standard InChI is InChI=1S/C18H28N2O2/c1-3-5-8-17(22)14-10-13-7-6-9-19-18(13)16(11-14)20-15(4-2)12-21/h10-11,15,19-21H,3-9,12H2,1-2H3. The maximum atomic E-state index is 12.4. The molecule has 1 aromatic carbocycles. The van der Waals surface area contributed by atoms with Crippen LogP contribution in [0.4, 0.5) is 11.4 Å². The third-order valence-electron chi connectivity index (χ3n) is 4.30. The number of Topliss-reactive ketones (excluding diaryl/α,β-unsaturated/α-hetero) is 1. The normalized spacial score (nSPS) is 14.9. The molecule has 0 radical (unpaired) electrons. The van der Waals surface area contributed by atoms with Crippen molar-refractivity contribution >= 4 is 17.2 Å². The average Bonchev–Trinajstić information content (AvgIpc) is 2.57. The summed E-state index contributed by atoms with van der Waals surface area (Å²) in [5.41, 5.74) is 4.07. The predicted octanol–water partition coefficient (Wildman–Crippen LogP) is 3.60. The van der Waals surface area contributed by atoms with Crippen LogP contribution >= 0.6 is 0 Å². The van der Waals surface area contributed by atoms with Gasteiger partial charge in [0.1, 0.15) is 0 Å². The number of aryl methyl sites for hydroxylation is 1. The molecule has 22 heavy (non-hydrogen) atoms. The van der Waals surface area contributed by atoms with E-state index in [0.717, 1.165) is 55.6 Å². The summed E-state index contributed by atoms with van der Waals surface area (Å²) in [6.07, 6.45) is 5.52. The summed E-state index contributed by atoms with van der Waals surface area (Å²) in [7, 11) is 0. The van der Waals surface area contributed by atoms with Crippen LogP contribution in [0, 0.1) is 0 Å². The van der Waals surface area contributed by atoms with Gasteiger partial charge in [-0.05, 0) is 43.4 Å². The van der Waals surface area contributed by atoms with Gasteiger partial charge in [0.15, 0.2) is 5.78 Å². The molecule has 2 rings (SSSR count).